The van der Waals surface area contributed by atoms with E-state index in [9.17, 15) is 0 Å². The Bertz CT molecular complexity index is 1750. The monoisotopic (exact) mass is 568 g/mol. The van der Waals surface area contributed by atoms with Crippen molar-refractivity contribution in [3.8, 4) is 0 Å². The van der Waals surface area contributed by atoms with E-state index in [-0.39, 0.29) is 0 Å². The molecule has 2 aromatic heterocycles. The maximum atomic E-state index is 2.24. The summed E-state index contributed by atoms with van der Waals surface area (Å²) in [6, 6.07) is 47.7. The molecule has 0 fully saturated rings. The summed E-state index contributed by atoms with van der Waals surface area (Å²) in [5, 5.41) is 0. The zero-order valence-electron chi connectivity index (χ0n) is 25.2. The van der Waals surface area contributed by atoms with Gasteiger partial charge in [0.25, 0.3) is 0 Å². The maximum Gasteiger partial charge on any atom is 0.169 e. The molecule has 212 valence electrons. The zero-order chi connectivity index (χ0) is 30.1. The molecule has 4 aromatic carbocycles. The molecule has 0 N–H and O–H groups in total. The molecule has 0 amide bonds. The smallest absolute Gasteiger partial charge is 0.169 e. The Hall–Kier alpha value is -5.60. The Morgan fingerprint density at radius 1 is 0.341 bits per heavy atom. The number of pyridine rings is 2. The minimum absolute atomic E-state index is 1.17. The molecular formula is C42H36N2+2. The number of aromatic nitrogens is 2. The lowest BCUT2D eigenvalue weighted by Crippen LogP contribution is -2.25. The van der Waals surface area contributed by atoms with Gasteiger partial charge >= 0.3 is 0 Å². The van der Waals surface area contributed by atoms with E-state index in [4.69, 9.17) is 0 Å². The van der Waals surface area contributed by atoms with E-state index in [1.807, 2.05) is 23.2 Å². The molecule has 2 heterocycles. The highest BCUT2D eigenvalue weighted by molar-refractivity contribution is 6.04. The van der Waals surface area contributed by atoms with Gasteiger partial charge in [-0.3, -0.25) is 0 Å². The van der Waals surface area contributed by atoms with Gasteiger partial charge in [0.2, 0.25) is 0 Å². The summed E-state index contributed by atoms with van der Waals surface area (Å²) >= 11 is 0. The van der Waals surface area contributed by atoms with Crippen molar-refractivity contribution in [1.82, 2.24) is 0 Å². The number of hydrogen-bond donors (Lipinski definition) is 0. The molecule has 0 saturated heterocycles. The quantitative estimate of drug-likeness (QED) is 0.128. The third-order valence-corrected chi connectivity index (χ3v) is 7.72. The summed E-state index contributed by atoms with van der Waals surface area (Å²) in [7, 11) is 4.07. The van der Waals surface area contributed by atoms with Crippen LogP contribution in [0, 0.1) is 0 Å². The number of nitrogens with zero attached hydrogens (tertiary/aromatic N) is 2. The fraction of sp³-hybridized carbons (Fsp3) is 0.0476. The molecule has 44 heavy (non-hydrogen) atoms. The van der Waals surface area contributed by atoms with Gasteiger partial charge in [0, 0.05) is 24.3 Å². The zero-order valence-corrected chi connectivity index (χ0v) is 25.2. The summed E-state index contributed by atoms with van der Waals surface area (Å²) in [5.74, 6) is 0. The van der Waals surface area contributed by atoms with Gasteiger partial charge in [0.05, 0.1) is 0 Å². The van der Waals surface area contributed by atoms with E-state index in [0.717, 1.165) is 0 Å². The predicted molar refractivity (Wildman–Crippen MR) is 184 cm³/mol. The van der Waals surface area contributed by atoms with Crippen LogP contribution in [0.5, 0.6) is 0 Å². The van der Waals surface area contributed by atoms with E-state index >= 15 is 0 Å². The van der Waals surface area contributed by atoms with Crippen molar-refractivity contribution < 1.29 is 9.13 Å². The molecule has 2 nitrogen and oxygen atoms in total. The van der Waals surface area contributed by atoms with Crippen LogP contribution in [0.25, 0.3) is 35.5 Å². The van der Waals surface area contributed by atoms with Crippen molar-refractivity contribution in [3.05, 3.63) is 203 Å². The van der Waals surface area contributed by atoms with Gasteiger partial charge in [0.15, 0.2) is 24.8 Å². The fourth-order valence-electron chi connectivity index (χ4n) is 5.27. The molecule has 0 saturated carbocycles. The van der Waals surface area contributed by atoms with Crippen molar-refractivity contribution in [2.45, 2.75) is 0 Å². The van der Waals surface area contributed by atoms with Crippen LogP contribution in [0.15, 0.2) is 158 Å². The minimum Gasteiger partial charge on any atom is -0.208 e. The molecule has 0 aliphatic carbocycles. The Morgan fingerprint density at radius 2 is 0.614 bits per heavy atom. The molecule has 0 aliphatic heterocycles. The van der Waals surface area contributed by atoms with Crippen LogP contribution in [0.1, 0.15) is 44.5 Å². The van der Waals surface area contributed by atoms with E-state index in [0.29, 0.717) is 0 Å². The number of benzene rings is 4. The Morgan fingerprint density at radius 3 is 0.932 bits per heavy atom. The molecule has 2 heteroatoms. The van der Waals surface area contributed by atoms with Crippen LogP contribution < -0.4 is 9.13 Å². The number of aryl methyl sites for hydroxylation is 2. The highest BCUT2D eigenvalue weighted by Crippen LogP contribution is 2.37. The van der Waals surface area contributed by atoms with E-state index in [2.05, 4.69) is 183 Å². The second-order valence-electron chi connectivity index (χ2n) is 11.0. The van der Waals surface area contributed by atoms with E-state index in [1.54, 1.807) is 0 Å². The lowest BCUT2D eigenvalue weighted by molar-refractivity contribution is -0.671. The first kappa shape index (κ1) is 28.5. The molecule has 0 aliphatic rings. The summed E-state index contributed by atoms with van der Waals surface area (Å²) in [6.45, 7) is 0. The molecule has 0 spiro atoms. The number of hydrogen-bond acceptors (Lipinski definition) is 0. The van der Waals surface area contributed by atoms with Crippen molar-refractivity contribution in [2.24, 2.45) is 14.1 Å². The third kappa shape index (κ3) is 7.06. The average Bonchev–Trinajstić information content (AvgIpc) is 3.08. The average molecular weight is 569 g/mol. The second-order valence-corrected chi connectivity index (χ2v) is 11.0. The first-order chi connectivity index (χ1) is 21.6. The Labute approximate surface area is 260 Å². The van der Waals surface area contributed by atoms with Crippen LogP contribution in [0.3, 0.4) is 0 Å². The van der Waals surface area contributed by atoms with Crippen molar-refractivity contribution in [1.29, 1.82) is 0 Å². The standard InChI is InChI=1S/C42H36N2/c1-43-29-25-35(26-30-43)15-13-33-17-21-39(22-18-33)41(37-9-5-3-6-10-37)42(38-11-7-4-8-12-38)40-23-19-34(20-24-40)14-16-36-27-31-44(2)32-28-36/h3-32H,1-2H3/q+2/b15-13+,16-14+,42-41+. The van der Waals surface area contributed by atoms with Gasteiger partial charge in [-0.2, -0.15) is 0 Å². The lowest BCUT2D eigenvalue weighted by Gasteiger charge is -2.18. The summed E-state index contributed by atoms with van der Waals surface area (Å²) in [5.41, 5.74) is 11.9. The van der Waals surface area contributed by atoms with Gasteiger partial charge in [-0.15, -0.1) is 0 Å². The van der Waals surface area contributed by atoms with Gasteiger partial charge in [-0.25, -0.2) is 9.13 Å². The third-order valence-electron chi connectivity index (χ3n) is 7.72. The topological polar surface area (TPSA) is 7.76 Å². The highest BCUT2D eigenvalue weighted by Gasteiger charge is 2.16. The summed E-state index contributed by atoms with van der Waals surface area (Å²) in [4.78, 5) is 0. The largest absolute Gasteiger partial charge is 0.208 e. The second kappa shape index (κ2) is 13.6. The number of rotatable bonds is 8. The van der Waals surface area contributed by atoms with Crippen LogP contribution in [0.4, 0.5) is 0 Å². The van der Waals surface area contributed by atoms with Crippen LogP contribution in [-0.4, -0.2) is 0 Å². The van der Waals surface area contributed by atoms with Crippen LogP contribution in [-0.2, 0) is 14.1 Å². The molecular weight excluding hydrogens is 532 g/mol. The Kier molecular flexibility index (Phi) is 8.80. The van der Waals surface area contributed by atoms with Gasteiger partial charge in [-0.1, -0.05) is 133 Å². The Balaban J connectivity index is 1.41. The van der Waals surface area contributed by atoms with Crippen molar-refractivity contribution in [3.63, 3.8) is 0 Å². The van der Waals surface area contributed by atoms with E-state index < -0.39 is 0 Å². The van der Waals surface area contributed by atoms with Gasteiger partial charge in [-0.05, 0) is 55.7 Å². The molecule has 6 rings (SSSR count). The SMILES string of the molecule is C[n+]1ccc(/C=C/c2ccc(/C(=C(\c3ccccc3)c3ccc(/C=C/c4cc[n+](C)cc4)cc3)c3ccccc3)cc2)cc1. The first-order valence-electron chi connectivity index (χ1n) is 15.0. The first-order valence-corrected chi connectivity index (χ1v) is 15.0. The van der Waals surface area contributed by atoms with Crippen molar-refractivity contribution in [2.75, 3.05) is 0 Å². The van der Waals surface area contributed by atoms with Crippen LogP contribution in [0.2, 0.25) is 0 Å². The molecule has 0 unspecified atom stereocenters. The highest BCUT2D eigenvalue weighted by atomic mass is 14.9. The van der Waals surface area contributed by atoms with Crippen LogP contribution >= 0.6 is 0 Å². The molecule has 0 atom stereocenters. The van der Waals surface area contributed by atoms with Crippen molar-refractivity contribution >= 4 is 35.5 Å². The fourth-order valence-corrected chi connectivity index (χ4v) is 5.27. The molecule has 6 aromatic rings. The maximum absolute atomic E-state index is 2.24. The normalized spacial score (nSPS) is 12.0. The predicted octanol–water partition coefficient (Wildman–Crippen LogP) is 8.68. The molecule has 0 bridgehead atoms. The lowest BCUT2D eigenvalue weighted by atomic mass is 9.85. The summed E-state index contributed by atoms with van der Waals surface area (Å²) in [6.07, 6.45) is 16.9. The van der Waals surface area contributed by atoms with Gasteiger partial charge < -0.3 is 0 Å². The minimum atomic E-state index is 1.17. The van der Waals surface area contributed by atoms with E-state index in [1.165, 1.54) is 55.7 Å². The molecule has 0 radical (unpaired) electrons. The summed E-state index contributed by atoms with van der Waals surface area (Å²) < 4.78 is 4.09. The van der Waals surface area contributed by atoms with Gasteiger partial charge in [0.1, 0.15) is 14.1 Å².